The lowest BCUT2D eigenvalue weighted by Crippen LogP contribution is -2.07. The van der Waals surface area contributed by atoms with E-state index in [0.717, 1.165) is 29.4 Å². The van der Waals surface area contributed by atoms with Crippen molar-refractivity contribution in [3.63, 3.8) is 0 Å². The van der Waals surface area contributed by atoms with E-state index in [4.69, 9.17) is 9.47 Å². The molecule has 2 nitrogen and oxygen atoms in total. The average Bonchev–Trinajstić information content (AvgIpc) is 2.71. The zero-order valence-corrected chi connectivity index (χ0v) is 9.94. The van der Waals surface area contributed by atoms with Crippen LogP contribution in [0.25, 0.3) is 0 Å². The van der Waals surface area contributed by atoms with E-state index in [-0.39, 0.29) is 0 Å². The Kier molecular flexibility index (Phi) is 2.45. The van der Waals surface area contributed by atoms with Crippen molar-refractivity contribution in [1.82, 2.24) is 0 Å². The molecule has 3 heteroatoms. The highest BCUT2D eigenvalue weighted by molar-refractivity contribution is 9.10. The fourth-order valence-corrected chi connectivity index (χ4v) is 2.58. The predicted octanol–water partition coefficient (Wildman–Crippen LogP) is 2.86. The minimum atomic E-state index is 0.500. The summed E-state index contributed by atoms with van der Waals surface area (Å²) in [5, 5.41) is 0. The number of hydrogen-bond donors (Lipinski definition) is 0. The molecule has 1 aliphatic heterocycles. The van der Waals surface area contributed by atoms with Gasteiger partial charge >= 0.3 is 0 Å². The molecule has 0 amide bonds. The minimum absolute atomic E-state index is 0.500. The third kappa shape index (κ3) is 1.91. The van der Waals surface area contributed by atoms with Crippen LogP contribution in [0.3, 0.4) is 0 Å². The van der Waals surface area contributed by atoms with E-state index >= 15 is 0 Å². The second-order valence-electron chi connectivity index (χ2n) is 4.22. The molecule has 3 unspecified atom stereocenters. The van der Waals surface area contributed by atoms with Gasteiger partial charge in [-0.2, -0.15) is 0 Å². The molecule has 15 heavy (non-hydrogen) atoms. The van der Waals surface area contributed by atoms with Gasteiger partial charge in [-0.25, -0.2) is 0 Å². The first-order chi connectivity index (χ1) is 7.34. The van der Waals surface area contributed by atoms with Crippen LogP contribution in [0.2, 0.25) is 0 Å². The molecule has 1 heterocycles. The number of fused-ring (bicyclic) bond motifs is 1. The molecule has 1 aromatic carbocycles. The van der Waals surface area contributed by atoms with Crippen LogP contribution in [-0.2, 0) is 4.74 Å². The maximum Gasteiger partial charge on any atom is 0.119 e. The summed E-state index contributed by atoms with van der Waals surface area (Å²) in [4.78, 5) is 0. The van der Waals surface area contributed by atoms with Gasteiger partial charge in [0.1, 0.15) is 5.75 Å². The van der Waals surface area contributed by atoms with E-state index in [0.29, 0.717) is 12.0 Å². The maximum atomic E-state index is 5.72. The average molecular weight is 269 g/mol. The Balaban J connectivity index is 1.52. The lowest BCUT2D eigenvalue weighted by molar-refractivity contribution is 0.123. The number of halogens is 1. The number of hydrogen-bond acceptors (Lipinski definition) is 2. The first-order valence-electron chi connectivity index (χ1n) is 5.34. The first kappa shape index (κ1) is 9.67. The fourth-order valence-electron chi connectivity index (χ4n) is 2.32. The normalized spacial score (nSPS) is 32.5. The second-order valence-corrected chi connectivity index (χ2v) is 5.13. The van der Waals surface area contributed by atoms with Crippen LogP contribution in [0.5, 0.6) is 5.75 Å². The summed E-state index contributed by atoms with van der Waals surface area (Å²) in [5.41, 5.74) is 0. The van der Waals surface area contributed by atoms with Crippen molar-refractivity contribution >= 4 is 15.9 Å². The monoisotopic (exact) mass is 268 g/mol. The van der Waals surface area contributed by atoms with Crippen molar-refractivity contribution < 1.29 is 9.47 Å². The summed E-state index contributed by atoms with van der Waals surface area (Å²) < 4.78 is 12.4. The molecule has 0 spiro atoms. The van der Waals surface area contributed by atoms with Crippen LogP contribution in [0.1, 0.15) is 6.42 Å². The SMILES string of the molecule is Brc1ccc(OCC2C3CCOC32)cc1. The Labute approximate surface area is 97.7 Å². The van der Waals surface area contributed by atoms with Gasteiger partial charge in [-0.3, -0.25) is 0 Å². The second kappa shape index (κ2) is 3.80. The Morgan fingerprint density at radius 3 is 2.80 bits per heavy atom. The van der Waals surface area contributed by atoms with Crippen LogP contribution < -0.4 is 4.74 Å². The van der Waals surface area contributed by atoms with E-state index in [9.17, 15) is 0 Å². The van der Waals surface area contributed by atoms with Crippen LogP contribution in [-0.4, -0.2) is 19.3 Å². The van der Waals surface area contributed by atoms with Crippen molar-refractivity contribution in [3.8, 4) is 5.75 Å². The minimum Gasteiger partial charge on any atom is -0.493 e. The van der Waals surface area contributed by atoms with E-state index < -0.39 is 0 Å². The molecule has 80 valence electrons. The quantitative estimate of drug-likeness (QED) is 0.840. The largest absolute Gasteiger partial charge is 0.493 e. The summed E-state index contributed by atoms with van der Waals surface area (Å²) in [5.74, 6) is 2.37. The Hall–Kier alpha value is -0.540. The third-order valence-corrected chi connectivity index (χ3v) is 3.80. The molecule has 0 N–H and O–H groups in total. The molecule has 0 radical (unpaired) electrons. The highest BCUT2D eigenvalue weighted by atomic mass is 79.9. The van der Waals surface area contributed by atoms with Gasteiger partial charge < -0.3 is 9.47 Å². The van der Waals surface area contributed by atoms with Crippen LogP contribution in [0.15, 0.2) is 28.7 Å². The van der Waals surface area contributed by atoms with Crippen molar-refractivity contribution in [1.29, 1.82) is 0 Å². The van der Waals surface area contributed by atoms with Gasteiger partial charge in [0.05, 0.1) is 12.7 Å². The van der Waals surface area contributed by atoms with Crippen LogP contribution in [0, 0.1) is 11.8 Å². The number of benzene rings is 1. The summed E-state index contributed by atoms with van der Waals surface area (Å²) in [6.45, 7) is 1.75. The molecule has 1 saturated carbocycles. The molecule has 3 atom stereocenters. The smallest absolute Gasteiger partial charge is 0.119 e. The van der Waals surface area contributed by atoms with Crippen molar-refractivity contribution in [2.75, 3.05) is 13.2 Å². The van der Waals surface area contributed by atoms with Gasteiger partial charge in [0.15, 0.2) is 0 Å². The van der Waals surface area contributed by atoms with Gasteiger partial charge in [0.2, 0.25) is 0 Å². The van der Waals surface area contributed by atoms with Gasteiger partial charge in [-0.05, 0) is 36.6 Å². The first-order valence-corrected chi connectivity index (χ1v) is 6.14. The summed E-state index contributed by atoms with van der Waals surface area (Å²) in [7, 11) is 0. The van der Waals surface area contributed by atoms with E-state index in [1.165, 1.54) is 6.42 Å². The molecule has 3 rings (SSSR count). The Morgan fingerprint density at radius 1 is 1.33 bits per heavy atom. The number of rotatable bonds is 3. The van der Waals surface area contributed by atoms with E-state index in [1.54, 1.807) is 0 Å². The highest BCUT2D eigenvalue weighted by Crippen LogP contribution is 2.48. The molecule has 1 aliphatic carbocycles. The molecule has 0 bridgehead atoms. The predicted molar refractivity (Wildman–Crippen MR) is 61.0 cm³/mol. The van der Waals surface area contributed by atoms with Crippen molar-refractivity contribution in [3.05, 3.63) is 28.7 Å². The zero-order valence-electron chi connectivity index (χ0n) is 8.36. The van der Waals surface area contributed by atoms with Crippen LogP contribution >= 0.6 is 15.9 Å². The molecular weight excluding hydrogens is 256 g/mol. The lowest BCUT2D eigenvalue weighted by atomic mass is 10.2. The van der Waals surface area contributed by atoms with E-state index in [1.807, 2.05) is 24.3 Å². The van der Waals surface area contributed by atoms with E-state index in [2.05, 4.69) is 15.9 Å². The Bertz CT molecular complexity index is 339. The topological polar surface area (TPSA) is 18.5 Å². The fraction of sp³-hybridized carbons (Fsp3) is 0.500. The standard InChI is InChI=1S/C12H13BrO2/c13-8-1-3-9(4-2-8)15-7-11-10-5-6-14-12(10)11/h1-4,10-12H,5-7H2. The van der Waals surface area contributed by atoms with Crippen LogP contribution in [0.4, 0.5) is 0 Å². The third-order valence-electron chi connectivity index (χ3n) is 3.27. The molecule has 0 aromatic heterocycles. The number of ether oxygens (including phenoxy) is 2. The molecule has 2 fully saturated rings. The van der Waals surface area contributed by atoms with Gasteiger partial charge in [-0.15, -0.1) is 0 Å². The lowest BCUT2D eigenvalue weighted by Gasteiger charge is -2.07. The summed E-state index contributed by atoms with van der Waals surface area (Å²) >= 11 is 3.40. The summed E-state index contributed by atoms with van der Waals surface area (Å²) in [6.07, 6.45) is 1.72. The molecule has 1 saturated heterocycles. The zero-order chi connectivity index (χ0) is 10.3. The molecular formula is C12H13BrO2. The molecule has 1 aromatic rings. The molecule has 2 aliphatic rings. The van der Waals surface area contributed by atoms with Crippen molar-refractivity contribution in [2.24, 2.45) is 11.8 Å². The van der Waals surface area contributed by atoms with Gasteiger partial charge in [0.25, 0.3) is 0 Å². The van der Waals surface area contributed by atoms with Crippen molar-refractivity contribution in [2.45, 2.75) is 12.5 Å². The highest BCUT2D eigenvalue weighted by Gasteiger charge is 2.54. The maximum absolute atomic E-state index is 5.72. The van der Waals surface area contributed by atoms with Gasteiger partial charge in [-0.1, -0.05) is 15.9 Å². The van der Waals surface area contributed by atoms with Gasteiger partial charge in [0, 0.05) is 17.0 Å². The summed E-state index contributed by atoms with van der Waals surface area (Å²) in [6, 6.07) is 7.98. The Morgan fingerprint density at radius 2 is 2.13 bits per heavy atom.